The van der Waals surface area contributed by atoms with E-state index in [1.54, 1.807) is 13.2 Å². The average molecular weight is 342 g/mol. The molecule has 1 aromatic heterocycles. The van der Waals surface area contributed by atoms with E-state index in [4.69, 9.17) is 4.74 Å². The van der Waals surface area contributed by atoms with Crippen LogP contribution in [0.3, 0.4) is 0 Å². The van der Waals surface area contributed by atoms with Gasteiger partial charge in [-0.3, -0.25) is 4.79 Å². The number of nitrogens with one attached hydrogen (secondary N) is 2. The molecule has 2 aromatic rings. The quantitative estimate of drug-likeness (QED) is 0.754. The van der Waals surface area contributed by atoms with Crippen LogP contribution < -0.4 is 10.6 Å². The molecule has 0 saturated heterocycles. The predicted molar refractivity (Wildman–Crippen MR) is 100 cm³/mol. The molecule has 0 bridgehead atoms. The normalized spacial score (nSPS) is 10.6. The van der Waals surface area contributed by atoms with Crippen LogP contribution in [0, 0.1) is 27.7 Å². The summed E-state index contributed by atoms with van der Waals surface area (Å²) in [5.74, 6) is 0.221. The van der Waals surface area contributed by atoms with Gasteiger partial charge >= 0.3 is 0 Å². The Balaban J connectivity index is 2.15. The molecule has 0 aliphatic carbocycles. The van der Waals surface area contributed by atoms with Crippen LogP contribution in [0.15, 0.2) is 18.2 Å². The van der Waals surface area contributed by atoms with E-state index in [1.165, 1.54) is 5.56 Å². The Hall–Kier alpha value is -2.47. The SMILES string of the molecule is COCCCNc1nc(C)cc(C(=O)Nc2c(C)cc(C)cc2C)n1. The summed E-state index contributed by atoms with van der Waals surface area (Å²) in [7, 11) is 1.67. The molecule has 0 aliphatic rings. The zero-order chi connectivity index (χ0) is 18.4. The number of benzene rings is 1. The number of amides is 1. The number of methoxy groups -OCH3 is 1. The van der Waals surface area contributed by atoms with Gasteiger partial charge in [-0.05, 0) is 51.3 Å². The highest BCUT2D eigenvalue weighted by atomic mass is 16.5. The molecular formula is C19H26N4O2. The van der Waals surface area contributed by atoms with Crippen molar-refractivity contribution in [3.63, 3.8) is 0 Å². The summed E-state index contributed by atoms with van der Waals surface area (Å²) in [6.07, 6.45) is 0.844. The third-order valence-corrected chi connectivity index (χ3v) is 3.81. The van der Waals surface area contributed by atoms with Gasteiger partial charge in [0.15, 0.2) is 0 Å². The van der Waals surface area contributed by atoms with E-state index >= 15 is 0 Å². The number of hydrogen-bond acceptors (Lipinski definition) is 5. The maximum Gasteiger partial charge on any atom is 0.274 e. The minimum absolute atomic E-state index is 0.236. The van der Waals surface area contributed by atoms with E-state index in [2.05, 4.69) is 32.7 Å². The molecule has 0 fully saturated rings. The van der Waals surface area contributed by atoms with Crippen molar-refractivity contribution in [2.24, 2.45) is 0 Å². The number of anilines is 2. The van der Waals surface area contributed by atoms with Gasteiger partial charge in [-0.25, -0.2) is 9.97 Å². The number of nitrogens with zero attached hydrogens (tertiary/aromatic N) is 2. The average Bonchev–Trinajstić information content (AvgIpc) is 2.54. The molecule has 2 N–H and O–H groups in total. The maximum atomic E-state index is 12.6. The highest BCUT2D eigenvalue weighted by Gasteiger charge is 2.13. The molecule has 6 heteroatoms. The molecule has 0 spiro atoms. The van der Waals surface area contributed by atoms with Crippen LogP contribution in [0.25, 0.3) is 0 Å². The molecular weight excluding hydrogens is 316 g/mol. The van der Waals surface area contributed by atoms with Crippen LogP contribution in [0.1, 0.15) is 39.3 Å². The van der Waals surface area contributed by atoms with Gasteiger partial charge in [0.05, 0.1) is 0 Å². The Morgan fingerprint density at radius 3 is 2.40 bits per heavy atom. The minimum atomic E-state index is -0.236. The topological polar surface area (TPSA) is 76.1 Å². The lowest BCUT2D eigenvalue weighted by Gasteiger charge is -2.13. The number of aromatic nitrogens is 2. The summed E-state index contributed by atoms with van der Waals surface area (Å²) in [4.78, 5) is 21.3. The number of aryl methyl sites for hydroxylation is 4. The largest absolute Gasteiger partial charge is 0.385 e. The van der Waals surface area contributed by atoms with Gasteiger partial charge in [-0.15, -0.1) is 0 Å². The smallest absolute Gasteiger partial charge is 0.274 e. The Morgan fingerprint density at radius 2 is 1.76 bits per heavy atom. The van der Waals surface area contributed by atoms with E-state index in [0.717, 1.165) is 28.9 Å². The first-order valence-corrected chi connectivity index (χ1v) is 8.38. The molecule has 1 heterocycles. The highest BCUT2D eigenvalue weighted by molar-refractivity contribution is 6.04. The molecule has 0 saturated carbocycles. The monoisotopic (exact) mass is 342 g/mol. The van der Waals surface area contributed by atoms with Crippen molar-refractivity contribution in [3.8, 4) is 0 Å². The highest BCUT2D eigenvalue weighted by Crippen LogP contribution is 2.22. The summed E-state index contributed by atoms with van der Waals surface area (Å²) < 4.78 is 5.02. The molecule has 2 rings (SSSR count). The van der Waals surface area contributed by atoms with Gasteiger partial charge in [0.25, 0.3) is 5.91 Å². The first-order valence-electron chi connectivity index (χ1n) is 8.38. The zero-order valence-electron chi connectivity index (χ0n) is 15.6. The van der Waals surface area contributed by atoms with Crippen LogP contribution in [-0.4, -0.2) is 36.1 Å². The van der Waals surface area contributed by atoms with Crippen LogP contribution in [-0.2, 0) is 4.74 Å². The lowest BCUT2D eigenvalue weighted by atomic mass is 10.0. The molecule has 1 amide bonds. The maximum absolute atomic E-state index is 12.6. The molecule has 6 nitrogen and oxygen atoms in total. The summed E-state index contributed by atoms with van der Waals surface area (Å²) in [5, 5.41) is 6.10. The molecule has 0 unspecified atom stereocenters. The first kappa shape index (κ1) is 18.9. The molecule has 0 atom stereocenters. The Kier molecular flexibility index (Phi) is 6.47. The number of rotatable bonds is 7. The van der Waals surface area contributed by atoms with Crippen molar-refractivity contribution in [1.82, 2.24) is 9.97 Å². The van der Waals surface area contributed by atoms with Crippen LogP contribution in [0.2, 0.25) is 0 Å². The van der Waals surface area contributed by atoms with Crippen LogP contribution >= 0.6 is 0 Å². The van der Waals surface area contributed by atoms with Crippen molar-refractivity contribution in [1.29, 1.82) is 0 Å². The van der Waals surface area contributed by atoms with Gasteiger partial charge in [0.2, 0.25) is 5.95 Å². The van der Waals surface area contributed by atoms with Gasteiger partial charge in [-0.2, -0.15) is 0 Å². The van der Waals surface area contributed by atoms with Gasteiger partial charge in [-0.1, -0.05) is 17.7 Å². The Bertz CT molecular complexity index is 736. The molecule has 0 radical (unpaired) electrons. The zero-order valence-corrected chi connectivity index (χ0v) is 15.6. The predicted octanol–water partition coefficient (Wildman–Crippen LogP) is 3.41. The van der Waals surface area contributed by atoms with Crippen molar-refractivity contribution < 1.29 is 9.53 Å². The number of carbonyl (C=O) groups is 1. The third-order valence-electron chi connectivity index (χ3n) is 3.81. The standard InChI is InChI=1S/C19H26N4O2/c1-12-9-13(2)17(14(3)10-12)23-18(24)16-11-15(4)21-19(22-16)20-7-6-8-25-5/h9-11H,6-8H2,1-5H3,(H,23,24)(H,20,21,22). The van der Waals surface area contributed by atoms with E-state index in [9.17, 15) is 4.79 Å². The summed E-state index contributed by atoms with van der Waals surface area (Å²) in [6, 6.07) is 5.79. The van der Waals surface area contributed by atoms with Crippen molar-refractivity contribution in [3.05, 3.63) is 46.3 Å². The summed E-state index contributed by atoms with van der Waals surface area (Å²) >= 11 is 0. The van der Waals surface area contributed by atoms with E-state index in [1.807, 2.05) is 27.7 Å². The van der Waals surface area contributed by atoms with Crippen LogP contribution in [0.5, 0.6) is 0 Å². The lowest BCUT2D eigenvalue weighted by molar-refractivity contribution is 0.102. The molecule has 25 heavy (non-hydrogen) atoms. The summed E-state index contributed by atoms with van der Waals surface area (Å²) in [5.41, 5.74) is 5.17. The Labute approximate surface area is 149 Å². The fraction of sp³-hybridized carbons (Fsp3) is 0.421. The molecule has 134 valence electrons. The second-order valence-electron chi connectivity index (χ2n) is 6.22. The van der Waals surface area contributed by atoms with Gasteiger partial charge in [0.1, 0.15) is 5.69 Å². The van der Waals surface area contributed by atoms with E-state index < -0.39 is 0 Å². The van der Waals surface area contributed by atoms with Crippen LogP contribution in [0.4, 0.5) is 11.6 Å². The van der Waals surface area contributed by atoms with Crippen molar-refractivity contribution in [2.75, 3.05) is 30.9 Å². The number of ether oxygens (including phenoxy) is 1. The second kappa shape index (κ2) is 8.58. The second-order valence-corrected chi connectivity index (χ2v) is 6.22. The van der Waals surface area contributed by atoms with Gasteiger partial charge < -0.3 is 15.4 Å². The van der Waals surface area contributed by atoms with E-state index in [-0.39, 0.29) is 5.91 Å². The fourth-order valence-corrected chi connectivity index (χ4v) is 2.74. The van der Waals surface area contributed by atoms with Crippen molar-refractivity contribution >= 4 is 17.5 Å². The minimum Gasteiger partial charge on any atom is -0.385 e. The third kappa shape index (κ3) is 5.26. The number of carbonyl (C=O) groups excluding carboxylic acids is 1. The fourth-order valence-electron chi connectivity index (χ4n) is 2.74. The summed E-state index contributed by atoms with van der Waals surface area (Å²) in [6.45, 7) is 9.22. The number of hydrogen-bond donors (Lipinski definition) is 2. The molecule has 1 aromatic carbocycles. The first-order chi connectivity index (χ1) is 11.9. The van der Waals surface area contributed by atoms with Crippen molar-refractivity contribution in [2.45, 2.75) is 34.1 Å². The van der Waals surface area contributed by atoms with Gasteiger partial charge in [0, 0.05) is 31.6 Å². The Morgan fingerprint density at radius 1 is 1.08 bits per heavy atom. The molecule has 0 aliphatic heterocycles. The van der Waals surface area contributed by atoms with E-state index in [0.29, 0.717) is 24.8 Å². The lowest BCUT2D eigenvalue weighted by Crippen LogP contribution is -2.18.